The average molecular weight is 1060 g/mol. The number of nitrogens with zero attached hydrogens (tertiary/aromatic N) is 4. The number of aromatic nitrogens is 3. The van der Waals surface area contributed by atoms with Crippen LogP contribution in [0.2, 0.25) is 0 Å². The second-order valence-electron chi connectivity index (χ2n) is 18.2. The zero-order valence-electron chi connectivity index (χ0n) is 43.1. The number of rotatable bonds is 13. The van der Waals surface area contributed by atoms with Gasteiger partial charge in [0.25, 0.3) is 0 Å². The first kappa shape index (κ1) is 39.8. The zero-order valence-corrected chi connectivity index (χ0v) is 40.5. The molecule has 0 unspecified atom stereocenters. The van der Waals surface area contributed by atoms with E-state index in [1.54, 1.807) is 30.3 Å². The summed E-state index contributed by atoms with van der Waals surface area (Å²) in [4.78, 5) is 14.3. The van der Waals surface area contributed by atoms with Gasteiger partial charge in [0, 0.05) is 29.6 Å². The van der Waals surface area contributed by atoms with Gasteiger partial charge in [-0.25, -0.2) is 0 Å². The first-order valence-electron chi connectivity index (χ1n) is 24.9. The summed E-state index contributed by atoms with van der Waals surface area (Å²) in [5, 5.41) is 11.5. The molecule has 5 nitrogen and oxygen atoms in total. The first-order valence-corrected chi connectivity index (χ1v) is 22.4. The average Bonchev–Trinajstić information content (AvgIpc) is 3.75. The van der Waals surface area contributed by atoms with E-state index in [4.69, 9.17) is 15.8 Å². The molecule has 4 aromatic heterocycles. The summed E-state index contributed by atoms with van der Waals surface area (Å²) >= 11 is 0. The molecule has 0 fully saturated rings. The van der Waals surface area contributed by atoms with E-state index in [1.165, 1.54) is 6.20 Å². The molecule has 0 radical (unpaired) electrons. The molecule has 6 aromatic carbocycles. The van der Waals surface area contributed by atoms with E-state index in [0.717, 1.165) is 55.7 Å². The summed E-state index contributed by atoms with van der Waals surface area (Å²) in [6.45, 7) is 8.60. The number of hydrogen-bond acceptors (Lipinski definition) is 5. The van der Waals surface area contributed by atoms with E-state index >= 15 is 0 Å². The SMILES string of the molecule is [2H]c1cc2c(oc3cc(-c4ccc(C([2H])([2H])C([2H])([2H])c5cc(CC(C)(C)c6ccc(-c7[c-]cccc7)nc6)cc(CC(C)(C)c6ccc(-c7[c-]cccc7)nc6)c5)cn4)[c-]cc32)c(-c2ccccc2)c1C#N.[Ir+3]. The number of benzene rings is 6. The number of furan rings is 1. The normalized spacial score (nSPS) is 13.1. The molecule has 0 amide bonds. The molecule has 0 atom stereocenters. The molecule has 6 heteroatoms. The van der Waals surface area contributed by atoms with E-state index < -0.39 is 23.6 Å². The van der Waals surface area contributed by atoms with E-state index in [2.05, 4.69) is 75.1 Å². The molecule has 0 aliphatic rings. The Morgan fingerprint density at radius 1 is 0.588 bits per heavy atom. The third-order valence-electron chi connectivity index (χ3n) is 12.5. The Labute approximate surface area is 420 Å². The Morgan fingerprint density at radius 3 is 1.69 bits per heavy atom. The molecule has 0 aliphatic heterocycles. The number of aryl methyl sites for hydroxylation is 2. The monoisotopic (exact) mass is 1060 g/mol. The Kier molecular flexibility index (Phi) is 11.4. The Hall–Kier alpha value is -7.29. The topological polar surface area (TPSA) is 75.6 Å². The van der Waals surface area contributed by atoms with Crippen molar-refractivity contribution in [2.45, 2.75) is 64.1 Å². The molecular weight excluding hydrogens is 1010 g/mol. The fourth-order valence-electron chi connectivity index (χ4n) is 8.88. The van der Waals surface area contributed by atoms with Gasteiger partial charge < -0.3 is 19.4 Å². The van der Waals surface area contributed by atoms with E-state index in [9.17, 15) is 10.7 Å². The molecule has 0 bridgehead atoms. The summed E-state index contributed by atoms with van der Waals surface area (Å²) in [7, 11) is 0. The van der Waals surface area contributed by atoms with Crippen LogP contribution in [0.1, 0.15) is 73.5 Å². The van der Waals surface area contributed by atoms with Gasteiger partial charge in [-0.1, -0.05) is 130 Å². The first-order chi connectivity index (χ1) is 34.5. The van der Waals surface area contributed by atoms with Crippen molar-refractivity contribution >= 4 is 21.9 Å². The number of fused-ring (bicyclic) bond motifs is 3. The van der Waals surface area contributed by atoms with Gasteiger partial charge >= 0.3 is 20.1 Å². The minimum atomic E-state index is -2.52. The molecule has 0 N–H and O–H groups in total. The molecule has 10 rings (SSSR count). The largest absolute Gasteiger partial charge is 3.00 e. The molecule has 0 saturated carbocycles. The van der Waals surface area contributed by atoms with Crippen molar-refractivity contribution < 1.29 is 31.4 Å². The van der Waals surface area contributed by atoms with Crippen LogP contribution < -0.4 is 0 Å². The standard InChI is InChI=1S/C62H49N4O.Ir/c1-61(2,51-25-30-55(65-40-51)46-14-8-5-9-15-46)36-44-32-43(33-45(34-44)37-62(3,4)52-26-31-56(66-41-52)47-16-10-6-11-17-47)21-20-42-22-29-57(64-39-42)49-23-27-53-54-28-24-50(38-63)59(48-18-12-7-13-19-48)60(54)67-58(53)35-49;/h5-14,16,18-19,22,24-35,39-41H,20-21,36-37H2,1-4H3;/q-3;+3/i20D2,21D2,24D;. The van der Waals surface area contributed by atoms with Crippen molar-refractivity contribution in [1.82, 2.24) is 15.0 Å². The Balaban J connectivity index is 0.00000656. The predicted octanol–water partition coefficient (Wildman–Crippen LogP) is 14.5. The maximum Gasteiger partial charge on any atom is 3.00 e. The van der Waals surface area contributed by atoms with Crippen LogP contribution in [0.5, 0.6) is 0 Å². The summed E-state index contributed by atoms with van der Waals surface area (Å²) in [6, 6.07) is 59.4. The van der Waals surface area contributed by atoms with E-state index in [1.807, 2.05) is 116 Å². The molecule has 10 aromatic rings. The third kappa shape index (κ3) is 9.74. The van der Waals surface area contributed by atoms with Crippen LogP contribution in [0.3, 0.4) is 0 Å². The number of nitriles is 1. The Bertz CT molecular complexity index is 3520. The van der Waals surface area contributed by atoms with Crippen molar-refractivity contribution in [3.63, 3.8) is 0 Å². The summed E-state index contributed by atoms with van der Waals surface area (Å²) in [5.74, 6) is 0. The molecule has 0 spiro atoms. The summed E-state index contributed by atoms with van der Waals surface area (Å²) in [6.07, 6.45) is 1.24. The molecule has 332 valence electrons. The van der Waals surface area contributed by atoms with Crippen LogP contribution in [-0.4, -0.2) is 15.0 Å². The maximum absolute atomic E-state index is 10.1. The predicted molar refractivity (Wildman–Crippen MR) is 270 cm³/mol. The van der Waals surface area contributed by atoms with Crippen molar-refractivity contribution in [2.24, 2.45) is 0 Å². The van der Waals surface area contributed by atoms with Crippen molar-refractivity contribution in [3.8, 4) is 51.0 Å². The van der Waals surface area contributed by atoms with Crippen LogP contribution >= 0.6 is 0 Å². The molecule has 4 heterocycles. The van der Waals surface area contributed by atoms with Crippen LogP contribution in [0.25, 0.3) is 66.8 Å². The molecule has 68 heavy (non-hydrogen) atoms. The fourth-order valence-corrected chi connectivity index (χ4v) is 8.88. The second-order valence-corrected chi connectivity index (χ2v) is 18.2. The molecule has 0 saturated heterocycles. The summed E-state index contributed by atoms with van der Waals surface area (Å²) in [5.41, 5.74) is 10.3. The van der Waals surface area contributed by atoms with E-state index in [0.29, 0.717) is 46.2 Å². The summed E-state index contributed by atoms with van der Waals surface area (Å²) < 4.78 is 53.5. The van der Waals surface area contributed by atoms with Gasteiger partial charge in [0.2, 0.25) is 0 Å². The van der Waals surface area contributed by atoms with Crippen molar-refractivity contribution in [1.29, 1.82) is 5.26 Å². The number of hydrogen-bond donors (Lipinski definition) is 0. The Morgan fingerprint density at radius 2 is 1.15 bits per heavy atom. The van der Waals surface area contributed by atoms with Crippen LogP contribution in [0.4, 0.5) is 0 Å². The van der Waals surface area contributed by atoms with Gasteiger partial charge in [-0.05, 0) is 104 Å². The maximum atomic E-state index is 10.1. The van der Waals surface area contributed by atoms with Crippen molar-refractivity contribution in [2.75, 3.05) is 0 Å². The van der Waals surface area contributed by atoms with Crippen LogP contribution in [-0.2, 0) is 56.5 Å². The van der Waals surface area contributed by atoms with Gasteiger partial charge in [0.05, 0.1) is 18.6 Å². The van der Waals surface area contributed by atoms with Gasteiger partial charge in [0.1, 0.15) is 5.58 Å². The zero-order chi connectivity index (χ0) is 50.4. The quantitative estimate of drug-likeness (QED) is 0.108. The van der Waals surface area contributed by atoms with Gasteiger partial charge in [0.15, 0.2) is 0 Å². The van der Waals surface area contributed by atoms with Gasteiger partial charge in [-0.2, -0.15) is 5.26 Å². The smallest absolute Gasteiger partial charge is 0.476 e. The van der Waals surface area contributed by atoms with E-state index in [-0.39, 0.29) is 42.8 Å². The second kappa shape index (κ2) is 19.5. The number of pyridine rings is 3. The fraction of sp³-hybridized carbons (Fsp3) is 0.161. The van der Waals surface area contributed by atoms with Gasteiger partial charge in [-0.3, -0.25) is 0 Å². The molecule has 0 aliphatic carbocycles. The van der Waals surface area contributed by atoms with Crippen molar-refractivity contribution in [3.05, 3.63) is 233 Å². The van der Waals surface area contributed by atoms with Crippen LogP contribution in [0.15, 0.2) is 181 Å². The minimum absolute atomic E-state index is 0. The van der Waals surface area contributed by atoms with Crippen LogP contribution in [0, 0.1) is 29.5 Å². The molecular formula is C62H49IrN4O. The van der Waals surface area contributed by atoms with Gasteiger partial charge in [-0.15, -0.1) is 89.5 Å². The minimum Gasteiger partial charge on any atom is -0.476 e. The third-order valence-corrected chi connectivity index (χ3v) is 12.5.